The lowest BCUT2D eigenvalue weighted by molar-refractivity contribution is 0.224. The quantitative estimate of drug-likeness (QED) is 0.261. The highest BCUT2D eigenvalue weighted by Crippen LogP contribution is 2.37. The normalized spacial score (nSPS) is 12.4. The van der Waals surface area contributed by atoms with Gasteiger partial charge in [0.25, 0.3) is 0 Å². The van der Waals surface area contributed by atoms with Crippen molar-refractivity contribution in [1.29, 1.82) is 0 Å². The highest BCUT2D eigenvalue weighted by Gasteiger charge is 2.39. The molecule has 0 radical (unpaired) electrons. The fraction of sp³-hybridized carbons (Fsp3) is 0.357. The molecular formula is C28H36ClN5O5S2. The Kier molecular flexibility index (Phi) is 10.5. The highest BCUT2D eigenvalue weighted by molar-refractivity contribution is 7.89. The number of urea groups is 1. The average molecular weight is 622 g/mol. The zero-order valence-corrected chi connectivity index (χ0v) is 25.9. The van der Waals surface area contributed by atoms with Crippen LogP contribution in [0.15, 0.2) is 65.8 Å². The molecule has 0 saturated carbocycles. The van der Waals surface area contributed by atoms with Crippen LogP contribution in [0.1, 0.15) is 37.0 Å². The lowest BCUT2D eigenvalue weighted by atomic mass is 9.90. The first-order valence-electron chi connectivity index (χ1n) is 13.0. The summed E-state index contributed by atoms with van der Waals surface area (Å²) >= 11 is 6.30. The number of pyridine rings is 1. The van der Waals surface area contributed by atoms with Gasteiger partial charge < -0.3 is 10.6 Å². The molecule has 0 spiro atoms. The van der Waals surface area contributed by atoms with Gasteiger partial charge in [-0.3, -0.25) is 4.98 Å². The Bertz CT molecular complexity index is 1610. The predicted molar refractivity (Wildman–Crippen MR) is 162 cm³/mol. The summed E-state index contributed by atoms with van der Waals surface area (Å²) in [6.45, 7) is 7.41. The van der Waals surface area contributed by atoms with Crippen LogP contribution in [0.4, 0.5) is 4.79 Å². The summed E-state index contributed by atoms with van der Waals surface area (Å²) in [7, 11) is -7.75. The summed E-state index contributed by atoms with van der Waals surface area (Å²) in [4.78, 5) is 16.4. The number of rotatable bonds is 12. The molecule has 0 atom stereocenters. The second-order valence-electron chi connectivity index (χ2n) is 10.2. The van der Waals surface area contributed by atoms with Gasteiger partial charge in [0.15, 0.2) is 0 Å². The smallest absolute Gasteiger partial charge is 0.314 e. The molecule has 0 aliphatic rings. The third-order valence-electron chi connectivity index (χ3n) is 6.81. The Morgan fingerprint density at radius 1 is 1.02 bits per heavy atom. The lowest BCUT2D eigenvalue weighted by Crippen LogP contribution is -2.47. The molecule has 4 N–H and O–H groups in total. The second kappa shape index (κ2) is 13.3. The number of sulfonamides is 2. The van der Waals surface area contributed by atoms with E-state index in [1.54, 1.807) is 31.5 Å². The summed E-state index contributed by atoms with van der Waals surface area (Å²) < 4.78 is 51.9. The number of aromatic nitrogens is 1. The van der Waals surface area contributed by atoms with Gasteiger partial charge in [0, 0.05) is 37.1 Å². The number of hydrogen-bond donors (Lipinski definition) is 3. The third-order valence-corrected chi connectivity index (χ3v) is 10.2. The van der Waals surface area contributed by atoms with Crippen LogP contribution in [-0.4, -0.2) is 57.5 Å². The number of carbonyl (C=O) groups excluding carboxylic acids is 1. The van der Waals surface area contributed by atoms with Gasteiger partial charge in [0.05, 0.1) is 16.2 Å². The van der Waals surface area contributed by atoms with Gasteiger partial charge in [-0.15, -0.1) is 0 Å². The molecule has 10 nitrogen and oxygen atoms in total. The molecule has 222 valence electrons. The summed E-state index contributed by atoms with van der Waals surface area (Å²) in [6, 6.07) is 13.9. The highest BCUT2D eigenvalue weighted by atomic mass is 35.5. The maximum atomic E-state index is 14.2. The minimum Gasteiger partial charge on any atom is -0.338 e. The average Bonchev–Trinajstić information content (AvgIpc) is 2.89. The van der Waals surface area contributed by atoms with Crippen LogP contribution >= 0.6 is 11.6 Å². The van der Waals surface area contributed by atoms with Crippen molar-refractivity contribution in [1.82, 2.24) is 19.9 Å². The molecule has 0 bridgehead atoms. The number of nitrogens with zero attached hydrogens (tertiary/aromatic N) is 2. The van der Waals surface area contributed by atoms with E-state index in [9.17, 15) is 21.6 Å². The van der Waals surface area contributed by atoms with Crippen LogP contribution in [0.3, 0.4) is 0 Å². The fourth-order valence-electron chi connectivity index (χ4n) is 4.49. The zero-order chi connectivity index (χ0) is 30.4. The fourth-order valence-corrected chi connectivity index (χ4v) is 7.17. The number of benzene rings is 2. The molecule has 2 aromatic carbocycles. The van der Waals surface area contributed by atoms with E-state index in [1.165, 1.54) is 10.4 Å². The van der Waals surface area contributed by atoms with Crippen LogP contribution in [0.25, 0.3) is 11.1 Å². The van der Waals surface area contributed by atoms with Gasteiger partial charge >= 0.3 is 6.03 Å². The number of nitrogens with two attached hydrogens (primary N) is 1. The first-order valence-corrected chi connectivity index (χ1v) is 16.5. The molecule has 0 aliphatic heterocycles. The van der Waals surface area contributed by atoms with Crippen molar-refractivity contribution in [3.63, 3.8) is 0 Å². The number of nitrogens with one attached hydrogen (secondary N) is 2. The van der Waals surface area contributed by atoms with Crippen molar-refractivity contribution in [2.24, 2.45) is 5.14 Å². The topological polar surface area (TPSA) is 152 Å². The minimum atomic E-state index is -4.05. The molecule has 0 unspecified atom stereocenters. The first kappa shape index (κ1) is 32.5. The van der Waals surface area contributed by atoms with Gasteiger partial charge in [-0.05, 0) is 86.2 Å². The van der Waals surface area contributed by atoms with Crippen molar-refractivity contribution in [2.45, 2.75) is 44.6 Å². The van der Waals surface area contributed by atoms with Crippen molar-refractivity contribution in [3.05, 3.63) is 82.6 Å². The Morgan fingerprint density at radius 3 is 2.39 bits per heavy atom. The van der Waals surface area contributed by atoms with Gasteiger partial charge in [0.1, 0.15) is 0 Å². The van der Waals surface area contributed by atoms with E-state index in [4.69, 9.17) is 16.7 Å². The number of aryl methyl sites for hydroxylation is 1. The third kappa shape index (κ3) is 8.26. The molecule has 3 rings (SSSR count). The number of primary sulfonamides is 1. The van der Waals surface area contributed by atoms with Crippen molar-refractivity contribution >= 4 is 37.7 Å². The number of hydrogen-bond acceptors (Lipinski definition) is 6. The largest absolute Gasteiger partial charge is 0.338 e. The molecule has 1 heterocycles. The van der Waals surface area contributed by atoms with Crippen LogP contribution in [0.2, 0.25) is 5.02 Å². The van der Waals surface area contributed by atoms with E-state index in [-0.39, 0.29) is 31.0 Å². The molecule has 3 aromatic rings. The Morgan fingerprint density at radius 2 is 1.71 bits per heavy atom. The minimum absolute atomic E-state index is 0.0806. The molecule has 0 fully saturated rings. The molecule has 1 aromatic heterocycles. The first-order chi connectivity index (χ1) is 19.1. The van der Waals surface area contributed by atoms with E-state index in [0.717, 1.165) is 22.3 Å². The van der Waals surface area contributed by atoms with Crippen molar-refractivity contribution in [3.8, 4) is 11.1 Å². The van der Waals surface area contributed by atoms with Gasteiger partial charge in [-0.1, -0.05) is 35.9 Å². The Labute approximate surface area is 247 Å². The maximum Gasteiger partial charge on any atom is 0.314 e. The second-order valence-corrected chi connectivity index (χ2v) is 14.1. The van der Waals surface area contributed by atoms with Gasteiger partial charge in [0.2, 0.25) is 20.0 Å². The maximum absolute atomic E-state index is 14.2. The van der Waals surface area contributed by atoms with Crippen molar-refractivity contribution in [2.75, 3.05) is 25.4 Å². The van der Waals surface area contributed by atoms with Gasteiger partial charge in [-0.2, -0.15) is 4.31 Å². The zero-order valence-electron chi connectivity index (χ0n) is 23.5. The summed E-state index contributed by atoms with van der Waals surface area (Å²) in [5.41, 5.74) is 3.16. The van der Waals surface area contributed by atoms with Crippen LogP contribution in [0, 0.1) is 13.8 Å². The Balaban J connectivity index is 1.91. The predicted octanol–water partition coefficient (Wildman–Crippen LogP) is 3.92. The van der Waals surface area contributed by atoms with Crippen LogP contribution in [0.5, 0.6) is 0 Å². The Hall–Kier alpha value is -3.03. The number of halogens is 1. The molecule has 2 amide bonds. The van der Waals surface area contributed by atoms with E-state index in [0.29, 0.717) is 10.6 Å². The monoisotopic (exact) mass is 621 g/mol. The molecule has 41 heavy (non-hydrogen) atoms. The lowest BCUT2D eigenvalue weighted by Gasteiger charge is -2.38. The van der Waals surface area contributed by atoms with Crippen molar-refractivity contribution < 1.29 is 21.6 Å². The number of amides is 2. The summed E-state index contributed by atoms with van der Waals surface area (Å²) in [5.74, 6) is -0.391. The number of carbonyl (C=O) groups is 1. The van der Waals surface area contributed by atoms with E-state index in [1.807, 2.05) is 51.1 Å². The van der Waals surface area contributed by atoms with Gasteiger partial charge in [-0.25, -0.2) is 26.8 Å². The molecule has 0 aliphatic carbocycles. The molecular weight excluding hydrogens is 586 g/mol. The standard InChI is InChI=1S/C28H36ClN5O5S2/c1-20-19-31-14-12-24(20)22-8-5-9-23(18-22)28(3,4)34(41(38,39)26-11-6-10-25(29)21(26)2)16-7-13-32-27(35)33-15-17-40(30,36)37/h5-6,8-12,14,18-19H,7,13,15-17H2,1-4H3,(H2,30,36,37)(H2,32,33,35). The molecule has 13 heteroatoms. The summed E-state index contributed by atoms with van der Waals surface area (Å²) in [5, 5.41) is 10.3. The van der Waals surface area contributed by atoms with E-state index >= 15 is 0 Å². The summed E-state index contributed by atoms with van der Waals surface area (Å²) in [6.07, 6.45) is 3.79. The molecule has 0 saturated heterocycles. The van der Waals surface area contributed by atoms with Crippen LogP contribution in [-0.2, 0) is 25.6 Å². The SMILES string of the molecule is Cc1cnccc1-c1cccc(C(C)(C)N(CCCNC(=O)NCCS(N)(=O)=O)S(=O)(=O)c2cccc(Cl)c2C)c1. The van der Waals surface area contributed by atoms with E-state index < -0.39 is 37.4 Å². The van der Waals surface area contributed by atoms with E-state index in [2.05, 4.69) is 15.6 Å². The van der Waals surface area contributed by atoms with Crippen LogP contribution < -0.4 is 15.8 Å².